The lowest BCUT2D eigenvalue weighted by Gasteiger charge is -2.13. The van der Waals surface area contributed by atoms with Crippen molar-refractivity contribution >= 4 is 12.3 Å². The van der Waals surface area contributed by atoms with Crippen molar-refractivity contribution in [1.82, 2.24) is 0 Å². The van der Waals surface area contributed by atoms with Crippen LogP contribution in [0.3, 0.4) is 0 Å². The Labute approximate surface area is 106 Å². The molecule has 0 aliphatic rings. The Morgan fingerprint density at radius 2 is 2.11 bits per heavy atom. The summed E-state index contributed by atoms with van der Waals surface area (Å²) in [6.45, 7) is 1.37. The van der Waals surface area contributed by atoms with Crippen LogP contribution < -0.4 is 0 Å². The average Bonchev–Trinajstić information content (AvgIpc) is 2.35. The highest BCUT2D eigenvalue weighted by Gasteiger charge is 2.36. The molecule has 0 aliphatic carbocycles. The van der Waals surface area contributed by atoms with E-state index in [4.69, 9.17) is 5.26 Å². The molecule has 100 valence electrons. The molecule has 0 spiro atoms. The SMILES string of the molecule is CCOC(=O)c1c(C=O)ccc(C(F)(F)F)c1C#N. The van der Waals surface area contributed by atoms with Crippen molar-refractivity contribution in [3.8, 4) is 6.07 Å². The molecule has 0 unspecified atom stereocenters. The summed E-state index contributed by atoms with van der Waals surface area (Å²) in [5.74, 6) is -1.13. The van der Waals surface area contributed by atoms with E-state index in [1.807, 2.05) is 0 Å². The summed E-state index contributed by atoms with van der Waals surface area (Å²) in [5, 5.41) is 8.83. The normalized spacial score (nSPS) is 10.7. The maximum Gasteiger partial charge on any atom is 0.417 e. The van der Waals surface area contributed by atoms with Crippen LogP contribution in [0.1, 0.15) is 38.8 Å². The lowest BCUT2D eigenvalue weighted by atomic mass is 9.96. The molecule has 0 saturated heterocycles. The molecule has 0 saturated carbocycles. The van der Waals surface area contributed by atoms with E-state index in [-0.39, 0.29) is 18.5 Å². The summed E-state index contributed by atoms with van der Waals surface area (Å²) in [5.41, 5.74) is -3.16. The first-order valence-electron chi connectivity index (χ1n) is 5.13. The second-order valence-electron chi connectivity index (χ2n) is 3.40. The van der Waals surface area contributed by atoms with Crippen molar-refractivity contribution in [2.24, 2.45) is 0 Å². The number of esters is 1. The number of alkyl halides is 3. The van der Waals surface area contributed by atoms with E-state index in [1.54, 1.807) is 0 Å². The Kier molecular flexibility index (Phi) is 4.27. The fraction of sp³-hybridized carbons (Fsp3) is 0.250. The van der Waals surface area contributed by atoms with Crippen LogP contribution in [0.15, 0.2) is 12.1 Å². The number of hydrogen-bond donors (Lipinski definition) is 0. The molecule has 0 fully saturated rings. The lowest BCUT2D eigenvalue weighted by Crippen LogP contribution is -2.16. The monoisotopic (exact) mass is 271 g/mol. The molecule has 1 rings (SSSR count). The topological polar surface area (TPSA) is 67.2 Å². The van der Waals surface area contributed by atoms with Gasteiger partial charge in [0.15, 0.2) is 6.29 Å². The van der Waals surface area contributed by atoms with E-state index in [0.717, 1.165) is 6.07 Å². The van der Waals surface area contributed by atoms with Gasteiger partial charge in [-0.2, -0.15) is 18.4 Å². The van der Waals surface area contributed by atoms with Gasteiger partial charge >= 0.3 is 12.1 Å². The quantitative estimate of drug-likeness (QED) is 0.626. The highest BCUT2D eigenvalue weighted by molar-refractivity contribution is 6.01. The fourth-order valence-electron chi connectivity index (χ4n) is 1.49. The largest absolute Gasteiger partial charge is 0.462 e. The maximum atomic E-state index is 12.7. The zero-order chi connectivity index (χ0) is 14.6. The minimum absolute atomic E-state index is 0.0851. The number of rotatable bonds is 3. The van der Waals surface area contributed by atoms with Crippen LogP contribution in [0.4, 0.5) is 13.2 Å². The van der Waals surface area contributed by atoms with Gasteiger partial charge in [-0.25, -0.2) is 4.79 Å². The van der Waals surface area contributed by atoms with Crippen molar-refractivity contribution in [3.05, 3.63) is 34.4 Å². The maximum absolute atomic E-state index is 12.7. The highest BCUT2D eigenvalue weighted by atomic mass is 19.4. The van der Waals surface area contributed by atoms with Crippen LogP contribution in [-0.4, -0.2) is 18.9 Å². The predicted molar refractivity (Wildman–Crippen MR) is 57.5 cm³/mol. The molecule has 0 atom stereocenters. The average molecular weight is 271 g/mol. The molecule has 7 heteroatoms. The van der Waals surface area contributed by atoms with Gasteiger partial charge < -0.3 is 4.74 Å². The Morgan fingerprint density at radius 3 is 2.53 bits per heavy atom. The zero-order valence-electron chi connectivity index (χ0n) is 9.75. The van der Waals surface area contributed by atoms with Crippen molar-refractivity contribution in [2.75, 3.05) is 6.61 Å². The van der Waals surface area contributed by atoms with Gasteiger partial charge in [-0.1, -0.05) is 6.07 Å². The zero-order valence-corrected chi connectivity index (χ0v) is 9.75. The van der Waals surface area contributed by atoms with E-state index in [2.05, 4.69) is 4.74 Å². The lowest BCUT2D eigenvalue weighted by molar-refractivity contribution is -0.137. The van der Waals surface area contributed by atoms with Gasteiger partial charge in [0, 0.05) is 5.56 Å². The summed E-state index contributed by atoms with van der Waals surface area (Å²) < 4.78 is 42.7. The van der Waals surface area contributed by atoms with Crippen LogP contribution in [-0.2, 0) is 10.9 Å². The summed E-state index contributed by atoms with van der Waals surface area (Å²) >= 11 is 0. The molecule has 4 nitrogen and oxygen atoms in total. The Balaban J connectivity index is 3.61. The van der Waals surface area contributed by atoms with Gasteiger partial charge in [0.2, 0.25) is 0 Å². The van der Waals surface area contributed by atoms with E-state index in [9.17, 15) is 22.8 Å². The molecule has 1 aromatic carbocycles. The molecule has 19 heavy (non-hydrogen) atoms. The minimum Gasteiger partial charge on any atom is -0.462 e. The summed E-state index contributed by atoms with van der Waals surface area (Å²) in [7, 11) is 0. The Morgan fingerprint density at radius 1 is 1.47 bits per heavy atom. The van der Waals surface area contributed by atoms with Gasteiger partial charge in [0.1, 0.15) is 6.07 Å². The molecule has 1 aromatic rings. The number of aldehydes is 1. The number of benzene rings is 1. The first kappa shape index (κ1) is 14.7. The predicted octanol–water partition coefficient (Wildman–Crippen LogP) is 2.57. The molecule has 0 aromatic heterocycles. The van der Waals surface area contributed by atoms with Crippen LogP contribution in [0.5, 0.6) is 0 Å². The first-order valence-corrected chi connectivity index (χ1v) is 5.13. The standard InChI is InChI=1S/C12H8F3NO3/c1-2-19-11(18)10-7(6-17)3-4-9(8(10)5-16)12(13,14)15/h3-4,6H,2H2,1H3. The number of ether oxygens (including phenoxy) is 1. The molecule has 0 aliphatic heterocycles. The third kappa shape index (κ3) is 2.91. The van der Waals surface area contributed by atoms with E-state index < -0.39 is 28.8 Å². The number of nitriles is 1. The fourth-order valence-corrected chi connectivity index (χ4v) is 1.49. The first-order chi connectivity index (χ1) is 8.86. The van der Waals surface area contributed by atoms with Crippen LogP contribution in [0, 0.1) is 11.3 Å². The van der Waals surface area contributed by atoms with E-state index in [1.165, 1.54) is 13.0 Å². The van der Waals surface area contributed by atoms with E-state index in [0.29, 0.717) is 6.07 Å². The number of nitrogens with zero attached hydrogens (tertiary/aromatic N) is 1. The summed E-state index contributed by atoms with van der Waals surface area (Å²) in [6.07, 6.45) is -4.60. The molecule has 0 heterocycles. The molecule has 0 N–H and O–H groups in total. The molecular formula is C12H8F3NO3. The second kappa shape index (κ2) is 5.52. The Bertz CT molecular complexity index is 559. The van der Waals surface area contributed by atoms with Gasteiger partial charge in [-0.05, 0) is 13.0 Å². The second-order valence-corrected chi connectivity index (χ2v) is 3.40. The van der Waals surface area contributed by atoms with Crippen molar-refractivity contribution in [3.63, 3.8) is 0 Å². The number of hydrogen-bond acceptors (Lipinski definition) is 4. The van der Waals surface area contributed by atoms with Crippen LogP contribution in [0.25, 0.3) is 0 Å². The molecular weight excluding hydrogens is 263 g/mol. The minimum atomic E-state index is -4.80. The van der Waals surface area contributed by atoms with Gasteiger partial charge in [0.25, 0.3) is 0 Å². The molecule has 0 bridgehead atoms. The van der Waals surface area contributed by atoms with Gasteiger partial charge in [0.05, 0.1) is 23.3 Å². The number of halogens is 3. The van der Waals surface area contributed by atoms with Crippen molar-refractivity contribution in [1.29, 1.82) is 5.26 Å². The van der Waals surface area contributed by atoms with Crippen molar-refractivity contribution in [2.45, 2.75) is 13.1 Å². The van der Waals surface area contributed by atoms with Crippen LogP contribution >= 0.6 is 0 Å². The summed E-state index contributed by atoms with van der Waals surface area (Å²) in [4.78, 5) is 22.4. The molecule has 0 amide bonds. The highest BCUT2D eigenvalue weighted by Crippen LogP contribution is 2.34. The van der Waals surface area contributed by atoms with E-state index >= 15 is 0 Å². The van der Waals surface area contributed by atoms with Crippen molar-refractivity contribution < 1.29 is 27.5 Å². The molecule has 0 radical (unpaired) electrons. The number of carbonyl (C=O) groups excluding carboxylic acids is 2. The third-order valence-corrected chi connectivity index (χ3v) is 2.26. The van der Waals surface area contributed by atoms with Gasteiger partial charge in [-0.15, -0.1) is 0 Å². The smallest absolute Gasteiger partial charge is 0.417 e. The van der Waals surface area contributed by atoms with Crippen LogP contribution in [0.2, 0.25) is 0 Å². The summed E-state index contributed by atoms with van der Waals surface area (Å²) in [6, 6.07) is 2.73. The van der Waals surface area contributed by atoms with Gasteiger partial charge in [-0.3, -0.25) is 4.79 Å². The number of carbonyl (C=O) groups is 2. The third-order valence-electron chi connectivity index (χ3n) is 2.26. The Hall–Kier alpha value is -2.36.